The molecule has 1 aliphatic heterocycles. The Bertz CT molecular complexity index is 512. The number of fused-ring (bicyclic) bond motifs is 1. The second kappa shape index (κ2) is 7.20. The molecule has 1 aliphatic rings. The van der Waals surface area contributed by atoms with Crippen LogP contribution in [0.3, 0.4) is 0 Å². The molecule has 0 spiro atoms. The van der Waals surface area contributed by atoms with Gasteiger partial charge in [-0.05, 0) is 25.2 Å². The van der Waals surface area contributed by atoms with E-state index in [4.69, 9.17) is 4.74 Å². The van der Waals surface area contributed by atoms with Gasteiger partial charge in [-0.2, -0.15) is 11.8 Å². The van der Waals surface area contributed by atoms with Gasteiger partial charge >= 0.3 is 7.12 Å². The van der Waals surface area contributed by atoms with Crippen molar-refractivity contribution in [3.05, 3.63) is 29.3 Å². The van der Waals surface area contributed by atoms with Gasteiger partial charge in [-0.25, -0.2) is 0 Å². The molecule has 0 bridgehead atoms. The number of benzene rings is 1. The van der Waals surface area contributed by atoms with Crippen molar-refractivity contribution in [2.24, 2.45) is 0 Å². The Kier molecular flexibility index (Phi) is 5.55. The summed E-state index contributed by atoms with van der Waals surface area (Å²) in [6.45, 7) is 2.49. The number of hydrogen-bond acceptors (Lipinski definition) is 5. The lowest BCUT2D eigenvalue weighted by Gasteiger charge is -2.20. The number of nitrogens with one attached hydrogen (secondary N) is 1. The molecule has 1 aromatic carbocycles. The Balaban J connectivity index is 2.06. The van der Waals surface area contributed by atoms with Gasteiger partial charge in [0.2, 0.25) is 5.91 Å². The van der Waals surface area contributed by atoms with Gasteiger partial charge in [0.05, 0.1) is 18.3 Å². The molecule has 1 amide bonds. The van der Waals surface area contributed by atoms with E-state index in [1.54, 1.807) is 0 Å². The molecule has 0 radical (unpaired) electrons. The molecule has 1 aromatic rings. The van der Waals surface area contributed by atoms with Crippen molar-refractivity contribution in [2.45, 2.75) is 25.2 Å². The minimum atomic E-state index is -1.58. The van der Waals surface area contributed by atoms with E-state index in [9.17, 15) is 14.8 Å². The summed E-state index contributed by atoms with van der Waals surface area (Å²) in [6.07, 6.45) is 2.27. The Morgan fingerprint density at radius 1 is 1.57 bits per heavy atom. The van der Waals surface area contributed by atoms with Crippen molar-refractivity contribution in [3.63, 3.8) is 0 Å². The Morgan fingerprint density at radius 3 is 3.00 bits per heavy atom. The average molecular weight is 309 g/mol. The van der Waals surface area contributed by atoms with Crippen LogP contribution in [0.25, 0.3) is 0 Å². The SMILES string of the molecule is CSCC(=O)NC(CC1COc2c(C)cccc21)B(O)O. The first kappa shape index (κ1) is 16.2. The topological polar surface area (TPSA) is 78.8 Å². The molecule has 0 aliphatic carbocycles. The molecular formula is C14H20BNO4S. The number of thioether (sulfide) groups is 1. The summed E-state index contributed by atoms with van der Waals surface area (Å²) in [7, 11) is -1.58. The second-order valence-corrected chi connectivity index (χ2v) is 6.12. The van der Waals surface area contributed by atoms with Gasteiger partial charge in [0.1, 0.15) is 5.75 Å². The quantitative estimate of drug-likeness (QED) is 0.675. The third-order valence-electron chi connectivity index (χ3n) is 3.63. The maximum atomic E-state index is 11.6. The van der Waals surface area contributed by atoms with Crippen LogP contribution in [0.1, 0.15) is 23.5 Å². The van der Waals surface area contributed by atoms with Crippen LogP contribution in [0.15, 0.2) is 18.2 Å². The highest BCUT2D eigenvalue weighted by Crippen LogP contribution is 2.38. The largest absolute Gasteiger partial charge is 0.492 e. The van der Waals surface area contributed by atoms with Crippen molar-refractivity contribution in [1.29, 1.82) is 0 Å². The molecule has 114 valence electrons. The van der Waals surface area contributed by atoms with Crippen LogP contribution >= 0.6 is 11.8 Å². The molecule has 0 saturated carbocycles. The highest BCUT2D eigenvalue weighted by atomic mass is 32.2. The van der Waals surface area contributed by atoms with Crippen LogP contribution in [0, 0.1) is 6.92 Å². The zero-order chi connectivity index (χ0) is 15.4. The molecule has 2 unspecified atom stereocenters. The third-order valence-corrected chi connectivity index (χ3v) is 4.18. The maximum Gasteiger partial charge on any atom is 0.475 e. The fourth-order valence-corrected chi connectivity index (χ4v) is 2.95. The van der Waals surface area contributed by atoms with E-state index in [1.807, 2.05) is 31.4 Å². The minimum absolute atomic E-state index is 0.0567. The lowest BCUT2D eigenvalue weighted by atomic mass is 9.73. The summed E-state index contributed by atoms with van der Waals surface area (Å²) in [5.74, 6) is 0.360. The number of rotatable bonds is 6. The van der Waals surface area contributed by atoms with E-state index in [-0.39, 0.29) is 11.8 Å². The van der Waals surface area contributed by atoms with Gasteiger partial charge in [-0.3, -0.25) is 4.79 Å². The molecule has 3 N–H and O–H groups in total. The van der Waals surface area contributed by atoms with Gasteiger partial charge in [0.25, 0.3) is 0 Å². The van der Waals surface area contributed by atoms with Crippen molar-refractivity contribution in [3.8, 4) is 5.75 Å². The standard InChI is InChI=1S/C14H20BNO4S/c1-9-4-3-5-11-10(7-20-14(9)11)6-12(15(18)19)16-13(17)8-21-2/h3-5,10,12,18-19H,6-8H2,1-2H3,(H,16,17). The van der Waals surface area contributed by atoms with Crippen LogP contribution in [-0.4, -0.2) is 47.6 Å². The third kappa shape index (κ3) is 3.93. The number of para-hydroxylation sites is 1. The zero-order valence-corrected chi connectivity index (χ0v) is 13.0. The first-order valence-electron chi connectivity index (χ1n) is 6.89. The molecule has 5 nitrogen and oxygen atoms in total. The predicted octanol–water partition coefficient (Wildman–Crippen LogP) is 0.721. The molecular weight excluding hydrogens is 289 g/mol. The molecule has 2 atom stereocenters. The minimum Gasteiger partial charge on any atom is -0.492 e. The van der Waals surface area contributed by atoms with Crippen LogP contribution in [0.4, 0.5) is 0 Å². The fourth-order valence-electron chi connectivity index (χ4n) is 2.60. The number of carbonyl (C=O) groups excluding carboxylic acids is 1. The Morgan fingerprint density at radius 2 is 2.33 bits per heavy atom. The molecule has 7 heteroatoms. The summed E-state index contributed by atoms with van der Waals surface area (Å²) < 4.78 is 5.69. The number of aryl methyl sites for hydroxylation is 1. The molecule has 1 heterocycles. The van der Waals surface area contributed by atoms with Crippen molar-refractivity contribution in [2.75, 3.05) is 18.6 Å². The van der Waals surface area contributed by atoms with E-state index >= 15 is 0 Å². The molecule has 0 fully saturated rings. The fraction of sp³-hybridized carbons (Fsp3) is 0.500. The Hall–Kier alpha value is -1.18. The highest BCUT2D eigenvalue weighted by molar-refractivity contribution is 7.99. The molecule has 21 heavy (non-hydrogen) atoms. The number of carbonyl (C=O) groups is 1. The number of hydrogen-bond donors (Lipinski definition) is 3. The van der Waals surface area contributed by atoms with Crippen LogP contribution in [0.5, 0.6) is 5.75 Å². The average Bonchev–Trinajstić information content (AvgIpc) is 2.83. The second-order valence-electron chi connectivity index (χ2n) is 5.26. The zero-order valence-electron chi connectivity index (χ0n) is 12.2. The maximum absolute atomic E-state index is 11.6. The molecule has 2 rings (SSSR count). The first-order chi connectivity index (χ1) is 10.0. The van der Waals surface area contributed by atoms with Gasteiger partial charge in [-0.15, -0.1) is 0 Å². The number of ether oxygens (including phenoxy) is 1. The Labute approximate surface area is 129 Å². The summed E-state index contributed by atoms with van der Waals surface area (Å²) in [4.78, 5) is 11.6. The van der Waals surface area contributed by atoms with Gasteiger partial charge in [0, 0.05) is 11.5 Å². The number of amides is 1. The lowest BCUT2D eigenvalue weighted by molar-refractivity contribution is -0.119. The molecule has 0 saturated heterocycles. The van der Waals surface area contributed by atoms with E-state index in [2.05, 4.69) is 5.32 Å². The van der Waals surface area contributed by atoms with Gasteiger partial charge in [-0.1, -0.05) is 18.2 Å². The van der Waals surface area contributed by atoms with Crippen LogP contribution < -0.4 is 10.1 Å². The first-order valence-corrected chi connectivity index (χ1v) is 8.29. The van der Waals surface area contributed by atoms with Gasteiger partial charge in [0.15, 0.2) is 0 Å². The smallest absolute Gasteiger partial charge is 0.475 e. The van der Waals surface area contributed by atoms with Crippen LogP contribution in [0.2, 0.25) is 0 Å². The predicted molar refractivity (Wildman–Crippen MR) is 84.5 cm³/mol. The van der Waals surface area contributed by atoms with Crippen molar-refractivity contribution >= 4 is 24.8 Å². The monoisotopic (exact) mass is 309 g/mol. The summed E-state index contributed by atoms with van der Waals surface area (Å²) in [5, 5.41) is 21.6. The highest BCUT2D eigenvalue weighted by Gasteiger charge is 2.33. The van der Waals surface area contributed by atoms with E-state index in [1.165, 1.54) is 11.8 Å². The lowest BCUT2D eigenvalue weighted by Crippen LogP contribution is -2.48. The van der Waals surface area contributed by atoms with E-state index in [0.717, 1.165) is 16.9 Å². The van der Waals surface area contributed by atoms with Crippen molar-refractivity contribution < 1.29 is 19.6 Å². The summed E-state index contributed by atoms with van der Waals surface area (Å²) in [5.41, 5.74) is 2.14. The van der Waals surface area contributed by atoms with E-state index in [0.29, 0.717) is 18.8 Å². The van der Waals surface area contributed by atoms with Gasteiger partial charge < -0.3 is 20.1 Å². The van der Waals surface area contributed by atoms with E-state index < -0.39 is 13.1 Å². The van der Waals surface area contributed by atoms with Crippen LogP contribution in [-0.2, 0) is 4.79 Å². The molecule has 0 aromatic heterocycles. The summed E-state index contributed by atoms with van der Waals surface area (Å²) in [6, 6.07) is 5.94. The normalized spacial score (nSPS) is 17.8. The van der Waals surface area contributed by atoms with Crippen molar-refractivity contribution in [1.82, 2.24) is 5.32 Å². The summed E-state index contributed by atoms with van der Waals surface area (Å²) >= 11 is 1.40.